The van der Waals surface area contributed by atoms with Crippen LogP contribution in [0.4, 0.5) is 26.3 Å². The molecule has 5 rings (SSSR count). The van der Waals surface area contributed by atoms with Crippen LogP contribution in [0.15, 0.2) is 36.4 Å². The maximum atomic E-state index is 13.7. The number of benzene rings is 2. The highest BCUT2D eigenvalue weighted by Crippen LogP contribution is 2.51. The normalized spacial score (nSPS) is 25.1. The van der Waals surface area contributed by atoms with E-state index in [0.29, 0.717) is 37.0 Å². The third-order valence-corrected chi connectivity index (χ3v) is 9.25. The van der Waals surface area contributed by atoms with E-state index in [1.54, 1.807) is 18.9 Å². The Morgan fingerprint density at radius 3 is 2.27 bits per heavy atom. The standard InChI is InChI=1S/C30H33F6NO3/c1-16(27(38)39)26(19-5-6-19)20-7-4-18-10-11-28(40-25(18)12-20)14-22(15-28)37(3)17(2)23-13-21(29(31,32)33)8-9-24(23)30(34,35)36/h4,7-9,12-13,16-17,19,22,26H,5-6,10-11,14-15H2,1-3H3,(H,38,39)/t16-,17-,22?,26-,28?/m0/s1. The fraction of sp³-hybridized carbons (Fsp3) is 0.567. The summed E-state index contributed by atoms with van der Waals surface area (Å²) in [4.78, 5) is 13.5. The Hall–Kier alpha value is -2.75. The van der Waals surface area contributed by atoms with Crippen LogP contribution in [0.3, 0.4) is 0 Å². The molecular formula is C30H33F6NO3. The van der Waals surface area contributed by atoms with Crippen LogP contribution in [0.1, 0.15) is 85.7 Å². The minimum Gasteiger partial charge on any atom is -0.487 e. The van der Waals surface area contributed by atoms with Crippen molar-refractivity contribution in [2.24, 2.45) is 11.8 Å². The van der Waals surface area contributed by atoms with Crippen molar-refractivity contribution in [3.8, 4) is 5.75 Å². The number of nitrogens with zero attached hydrogens (tertiary/aromatic N) is 1. The number of hydrogen-bond acceptors (Lipinski definition) is 3. The summed E-state index contributed by atoms with van der Waals surface area (Å²) in [5.41, 5.74) is -1.09. The number of hydrogen-bond donors (Lipinski definition) is 1. The van der Waals surface area contributed by atoms with E-state index < -0.39 is 52.6 Å². The smallest absolute Gasteiger partial charge is 0.416 e. The zero-order valence-electron chi connectivity index (χ0n) is 22.6. The number of rotatable bonds is 7. The van der Waals surface area contributed by atoms with Gasteiger partial charge in [0.25, 0.3) is 0 Å². The molecule has 10 heteroatoms. The van der Waals surface area contributed by atoms with Crippen LogP contribution in [0.2, 0.25) is 0 Å². The largest absolute Gasteiger partial charge is 0.487 e. The van der Waals surface area contributed by atoms with Gasteiger partial charge in [0.15, 0.2) is 0 Å². The van der Waals surface area contributed by atoms with Crippen molar-refractivity contribution in [2.45, 2.75) is 88.3 Å². The second kappa shape index (κ2) is 9.96. The van der Waals surface area contributed by atoms with Gasteiger partial charge in [-0.1, -0.05) is 19.1 Å². The van der Waals surface area contributed by atoms with Crippen LogP contribution in [0.25, 0.3) is 0 Å². The summed E-state index contributed by atoms with van der Waals surface area (Å²) in [5.74, 6) is -0.398. The van der Waals surface area contributed by atoms with Crippen molar-refractivity contribution in [3.63, 3.8) is 0 Å². The molecule has 2 aromatic rings. The molecule has 2 aromatic carbocycles. The van der Waals surface area contributed by atoms with Gasteiger partial charge in [0, 0.05) is 24.9 Å². The predicted octanol–water partition coefficient (Wildman–Crippen LogP) is 7.86. The molecule has 0 unspecified atom stereocenters. The number of carboxylic acids is 1. The summed E-state index contributed by atoms with van der Waals surface area (Å²) >= 11 is 0. The molecular weight excluding hydrogens is 536 g/mol. The number of fused-ring (bicyclic) bond motifs is 1. The predicted molar refractivity (Wildman–Crippen MR) is 136 cm³/mol. The summed E-state index contributed by atoms with van der Waals surface area (Å²) in [5, 5.41) is 9.63. The SMILES string of the molecule is C[C@H](C(=O)O)[C@H](c1ccc2c(c1)OC1(CC2)CC(N(C)[C@@H](C)c2cc(C(F)(F)F)ccc2C(F)(F)F)C1)C1CC1. The second-order valence-corrected chi connectivity index (χ2v) is 11.8. The van der Waals surface area contributed by atoms with Crippen molar-refractivity contribution in [2.75, 3.05) is 7.05 Å². The summed E-state index contributed by atoms with van der Waals surface area (Å²) in [6.45, 7) is 3.23. The fourth-order valence-corrected chi connectivity index (χ4v) is 6.56. The summed E-state index contributed by atoms with van der Waals surface area (Å²) in [7, 11) is 1.64. The molecule has 3 aliphatic rings. The first-order valence-corrected chi connectivity index (χ1v) is 13.6. The highest BCUT2D eigenvalue weighted by molar-refractivity contribution is 5.71. The first kappa shape index (κ1) is 28.8. The Bertz CT molecular complexity index is 1280. The quantitative estimate of drug-likeness (QED) is 0.345. The van der Waals surface area contributed by atoms with Crippen molar-refractivity contribution in [1.29, 1.82) is 0 Å². The lowest BCUT2D eigenvalue weighted by Crippen LogP contribution is -2.58. The van der Waals surface area contributed by atoms with Gasteiger partial charge < -0.3 is 9.84 Å². The van der Waals surface area contributed by atoms with E-state index in [0.717, 1.165) is 42.6 Å². The molecule has 2 aliphatic carbocycles. The van der Waals surface area contributed by atoms with Crippen LogP contribution >= 0.6 is 0 Å². The molecule has 1 spiro atoms. The van der Waals surface area contributed by atoms with Gasteiger partial charge in [-0.25, -0.2) is 0 Å². The lowest BCUT2D eigenvalue weighted by Gasteiger charge is -2.53. The minimum absolute atomic E-state index is 0.0966. The van der Waals surface area contributed by atoms with Crippen LogP contribution in [-0.4, -0.2) is 34.7 Å². The van der Waals surface area contributed by atoms with Crippen LogP contribution < -0.4 is 4.74 Å². The molecule has 1 heterocycles. The van der Waals surface area contributed by atoms with E-state index in [-0.39, 0.29) is 12.0 Å². The number of aliphatic carboxylic acids is 1. The van der Waals surface area contributed by atoms with Gasteiger partial charge in [0.1, 0.15) is 11.4 Å². The monoisotopic (exact) mass is 569 g/mol. The maximum absolute atomic E-state index is 13.7. The Kier molecular flexibility index (Phi) is 7.16. The topological polar surface area (TPSA) is 49.8 Å². The maximum Gasteiger partial charge on any atom is 0.416 e. The average molecular weight is 570 g/mol. The second-order valence-electron chi connectivity index (χ2n) is 11.8. The third kappa shape index (κ3) is 5.43. The Morgan fingerprint density at radius 1 is 1.02 bits per heavy atom. The molecule has 3 atom stereocenters. The fourth-order valence-electron chi connectivity index (χ4n) is 6.56. The number of aryl methyl sites for hydroxylation is 1. The molecule has 1 aliphatic heterocycles. The Balaban J connectivity index is 1.32. The zero-order chi connectivity index (χ0) is 29.2. The molecule has 2 fully saturated rings. The number of carboxylic acid groups (broad SMARTS) is 1. The van der Waals surface area contributed by atoms with Gasteiger partial charge in [-0.3, -0.25) is 9.69 Å². The van der Waals surface area contributed by atoms with Crippen LogP contribution in [0.5, 0.6) is 5.75 Å². The van der Waals surface area contributed by atoms with E-state index in [9.17, 15) is 36.2 Å². The number of carbonyl (C=O) groups is 1. The van der Waals surface area contributed by atoms with E-state index in [1.165, 1.54) is 6.92 Å². The number of alkyl halides is 6. The van der Waals surface area contributed by atoms with Crippen molar-refractivity contribution in [1.82, 2.24) is 4.90 Å². The van der Waals surface area contributed by atoms with E-state index in [4.69, 9.17) is 4.74 Å². The van der Waals surface area contributed by atoms with Gasteiger partial charge in [-0.05, 0) is 92.4 Å². The van der Waals surface area contributed by atoms with E-state index in [1.807, 2.05) is 18.2 Å². The van der Waals surface area contributed by atoms with Crippen LogP contribution in [-0.2, 0) is 23.6 Å². The summed E-state index contributed by atoms with van der Waals surface area (Å²) in [6.07, 6.45) is -4.97. The lowest BCUT2D eigenvalue weighted by molar-refractivity contribution is -0.142. The molecule has 40 heavy (non-hydrogen) atoms. The molecule has 0 saturated heterocycles. The Labute approximate surface area is 229 Å². The first-order valence-electron chi connectivity index (χ1n) is 13.6. The third-order valence-electron chi connectivity index (χ3n) is 9.25. The Morgan fingerprint density at radius 2 is 1.70 bits per heavy atom. The van der Waals surface area contributed by atoms with Gasteiger partial charge in [-0.2, -0.15) is 26.3 Å². The highest BCUT2D eigenvalue weighted by Gasteiger charge is 2.51. The van der Waals surface area contributed by atoms with E-state index in [2.05, 4.69) is 0 Å². The lowest BCUT2D eigenvalue weighted by atomic mass is 9.69. The van der Waals surface area contributed by atoms with Crippen LogP contribution in [0, 0.1) is 11.8 Å². The summed E-state index contributed by atoms with van der Waals surface area (Å²) in [6, 6.07) is 6.49. The van der Waals surface area contributed by atoms with Crippen molar-refractivity contribution < 1.29 is 41.0 Å². The van der Waals surface area contributed by atoms with Gasteiger partial charge >= 0.3 is 18.3 Å². The number of ether oxygens (including phenoxy) is 1. The highest BCUT2D eigenvalue weighted by atomic mass is 19.4. The van der Waals surface area contributed by atoms with Gasteiger partial charge in [0.2, 0.25) is 0 Å². The van der Waals surface area contributed by atoms with E-state index >= 15 is 0 Å². The van der Waals surface area contributed by atoms with Crippen molar-refractivity contribution >= 4 is 5.97 Å². The minimum atomic E-state index is -4.78. The molecule has 0 amide bonds. The van der Waals surface area contributed by atoms with Gasteiger partial charge in [-0.15, -0.1) is 0 Å². The first-order chi connectivity index (χ1) is 18.6. The molecule has 0 radical (unpaired) electrons. The molecule has 0 aromatic heterocycles. The molecule has 1 N–H and O–H groups in total. The molecule has 0 bridgehead atoms. The zero-order valence-corrected chi connectivity index (χ0v) is 22.6. The number of halogens is 6. The van der Waals surface area contributed by atoms with Crippen molar-refractivity contribution in [3.05, 3.63) is 64.2 Å². The molecule has 2 saturated carbocycles. The average Bonchev–Trinajstić information content (AvgIpc) is 3.69. The summed E-state index contributed by atoms with van der Waals surface area (Å²) < 4.78 is 87.6. The molecule has 4 nitrogen and oxygen atoms in total. The molecule has 218 valence electrons. The van der Waals surface area contributed by atoms with Gasteiger partial charge in [0.05, 0.1) is 17.0 Å².